The van der Waals surface area contributed by atoms with Crippen LogP contribution in [0.5, 0.6) is 0 Å². The molecule has 0 aliphatic heterocycles. The third-order valence-corrected chi connectivity index (χ3v) is 11.9. The van der Waals surface area contributed by atoms with Crippen LogP contribution in [-0.4, -0.2) is 10.7 Å². The number of rotatable bonds is 6. The molecule has 33 heavy (non-hydrogen) atoms. The first kappa shape index (κ1) is 26.0. The van der Waals surface area contributed by atoms with Crippen LogP contribution in [0, 0.1) is 57.7 Å². The highest BCUT2D eigenvalue weighted by Crippen LogP contribution is 2.69. The van der Waals surface area contributed by atoms with E-state index in [-0.39, 0.29) is 5.41 Å². The minimum absolute atomic E-state index is 0.219. The zero-order valence-electron chi connectivity index (χ0n) is 23.7. The van der Waals surface area contributed by atoms with Gasteiger partial charge in [-0.2, -0.15) is 0 Å². The van der Waals surface area contributed by atoms with Gasteiger partial charge in [-0.3, -0.25) is 0 Å². The van der Waals surface area contributed by atoms with E-state index in [1.54, 1.807) is 0 Å². The van der Waals surface area contributed by atoms with Crippen LogP contribution in [0.2, 0.25) is 0 Å². The summed E-state index contributed by atoms with van der Waals surface area (Å²) in [4.78, 5) is 0. The summed E-state index contributed by atoms with van der Waals surface area (Å²) in [5, 5.41) is 11.5. The van der Waals surface area contributed by atoms with Gasteiger partial charge in [0.05, 0.1) is 5.60 Å². The van der Waals surface area contributed by atoms with E-state index in [1.165, 1.54) is 64.2 Å². The van der Waals surface area contributed by atoms with E-state index in [0.29, 0.717) is 10.8 Å². The minimum Gasteiger partial charge on any atom is -0.390 e. The maximum Gasteiger partial charge on any atom is 0.0655 e. The topological polar surface area (TPSA) is 20.2 Å². The molecule has 0 heterocycles. The zero-order valence-corrected chi connectivity index (χ0v) is 23.7. The Hall–Kier alpha value is -0.0400. The molecule has 0 aromatic carbocycles. The molecule has 0 saturated heterocycles. The summed E-state index contributed by atoms with van der Waals surface area (Å²) < 4.78 is 0. The molecule has 1 nitrogen and oxygen atoms in total. The Balaban J connectivity index is 1.45. The molecule has 192 valence electrons. The fourth-order valence-corrected chi connectivity index (χ4v) is 10.5. The predicted octanol–water partition coefficient (Wildman–Crippen LogP) is 9.28. The molecule has 0 bridgehead atoms. The molecule has 4 aliphatic carbocycles. The van der Waals surface area contributed by atoms with Gasteiger partial charge in [0, 0.05) is 0 Å². The fourth-order valence-electron chi connectivity index (χ4n) is 10.5. The highest BCUT2D eigenvalue weighted by Gasteiger charge is 2.61. The smallest absolute Gasteiger partial charge is 0.0655 e. The molecule has 4 saturated carbocycles. The number of hydrogen-bond donors (Lipinski definition) is 1. The number of hydrogen-bond acceptors (Lipinski definition) is 1. The second kappa shape index (κ2) is 9.12. The summed E-state index contributed by atoms with van der Waals surface area (Å²) in [6.07, 6.45) is 17.4. The van der Waals surface area contributed by atoms with E-state index in [1.807, 2.05) is 0 Å². The highest BCUT2D eigenvalue weighted by molar-refractivity contribution is 5.11. The Morgan fingerprint density at radius 2 is 1.52 bits per heavy atom. The van der Waals surface area contributed by atoms with E-state index in [4.69, 9.17) is 0 Å². The van der Waals surface area contributed by atoms with Crippen molar-refractivity contribution in [2.75, 3.05) is 0 Å². The molecule has 1 heteroatoms. The van der Waals surface area contributed by atoms with Gasteiger partial charge in [0.25, 0.3) is 0 Å². The average molecular weight is 459 g/mol. The summed E-state index contributed by atoms with van der Waals surface area (Å²) in [6.45, 7) is 19.7. The van der Waals surface area contributed by atoms with Crippen LogP contribution in [0.15, 0.2) is 0 Å². The summed E-state index contributed by atoms with van der Waals surface area (Å²) in [5.74, 6) is 6.33. The molecule has 0 aromatic rings. The van der Waals surface area contributed by atoms with E-state index < -0.39 is 5.60 Å². The monoisotopic (exact) mass is 458 g/mol. The Labute approximate surface area is 207 Å². The van der Waals surface area contributed by atoms with Crippen molar-refractivity contribution in [2.24, 2.45) is 57.7 Å². The van der Waals surface area contributed by atoms with Gasteiger partial charge in [0.2, 0.25) is 0 Å². The molecule has 4 rings (SSSR count). The first-order chi connectivity index (χ1) is 15.3. The Morgan fingerprint density at radius 1 is 0.818 bits per heavy atom. The standard InChI is InChI=1S/C32H58O/c1-22(2)10-9-11-23(3)26-14-15-27-25-13-12-24-20-32(33,21-29(4,5)6)19-18-30(24,7)28(25)16-17-31(26,27)8/h22-28,33H,9-21H2,1-8H3/t23-,24-,25-,26+,27-,28-,30-,31+,32+/m0/s1. The van der Waals surface area contributed by atoms with Crippen LogP contribution in [0.4, 0.5) is 0 Å². The summed E-state index contributed by atoms with van der Waals surface area (Å²) in [6, 6.07) is 0. The normalized spacial score (nSPS) is 46.5. The highest BCUT2D eigenvalue weighted by atomic mass is 16.3. The van der Waals surface area contributed by atoms with E-state index in [0.717, 1.165) is 60.7 Å². The summed E-state index contributed by atoms with van der Waals surface area (Å²) in [7, 11) is 0. The molecule has 0 radical (unpaired) electrons. The van der Waals surface area contributed by atoms with Gasteiger partial charge in [-0.1, -0.05) is 74.7 Å². The van der Waals surface area contributed by atoms with Crippen LogP contribution in [0.1, 0.15) is 139 Å². The van der Waals surface area contributed by atoms with Crippen molar-refractivity contribution >= 4 is 0 Å². The van der Waals surface area contributed by atoms with Crippen LogP contribution >= 0.6 is 0 Å². The van der Waals surface area contributed by atoms with Crippen LogP contribution in [0.25, 0.3) is 0 Å². The van der Waals surface area contributed by atoms with Gasteiger partial charge in [-0.15, -0.1) is 0 Å². The van der Waals surface area contributed by atoms with Crippen molar-refractivity contribution in [3.63, 3.8) is 0 Å². The second-order valence-corrected chi connectivity index (χ2v) is 15.9. The first-order valence-corrected chi connectivity index (χ1v) is 15.0. The predicted molar refractivity (Wildman–Crippen MR) is 142 cm³/mol. The lowest BCUT2D eigenvalue weighted by Gasteiger charge is -2.62. The number of aliphatic hydroxyl groups is 1. The van der Waals surface area contributed by atoms with Gasteiger partial charge >= 0.3 is 0 Å². The Morgan fingerprint density at radius 3 is 2.18 bits per heavy atom. The van der Waals surface area contributed by atoms with E-state index in [2.05, 4.69) is 55.4 Å². The quantitative estimate of drug-likeness (QED) is 0.420. The van der Waals surface area contributed by atoms with Crippen molar-refractivity contribution < 1.29 is 5.11 Å². The van der Waals surface area contributed by atoms with E-state index in [9.17, 15) is 5.11 Å². The molecular formula is C32H58O. The minimum atomic E-state index is -0.414. The SMILES string of the molecule is CC(C)CCC[C@H](C)[C@H]1CC[C@H]2[C@@H]3CC[C@H]4C[C@@](O)(CC(C)(C)C)CC[C@]4(C)[C@H]3CC[C@]12C. The van der Waals surface area contributed by atoms with Crippen molar-refractivity contribution in [2.45, 2.75) is 144 Å². The molecule has 0 spiro atoms. The first-order valence-electron chi connectivity index (χ1n) is 15.0. The van der Waals surface area contributed by atoms with Crippen LogP contribution < -0.4 is 0 Å². The van der Waals surface area contributed by atoms with Crippen molar-refractivity contribution in [3.05, 3.63) is 0 Å². The van der Waals surface area contributed by atoms with Crippen LogP contribution in [0.3, 0.4) is 0 Å². The average Bonchev–Trinajstić information content (AvgIpc) is 3.04. The van der Waals surface area contributed by atoms with Crippen molar-refractivity contribution in [3.8, 4) is 0 Å². The molecule has 1 N–H and O–H groups in total. The lowest BCUT2D eigenvalue weighted by atomic mass is 9.43. The maximum atomic E-state index is 11.5. The molecule has 0 amide bonds. The van der Waals surface area contributed by atoms with Gasteiger partial charge < -0.3 is 5.11 Å². The summed E-state index contributed by atoms with van der Waals surface area (Å²) >= 11 is 0. The molecule has 0 unspecified atom stereocenters. The second-order valence-electron chi connectivity index (χ2n) is 15.9. The molecular weight excluding hydrogens is 400 g/mol. The van der Waals surface area contributed by atoms with Crippen molar-refractivity contribution in [1.29, 1.82) is 0 Å². The van der Waals surface area contributed by atoms with Crippen molar-refractivity contribution in [1.82, 2.24) is 0 Å². The summed E-state index contributed by atoms with van der Waals surface area (Å²) in [5.41, 5.74) is 0.887. The van der Waals surface area contributed by atoms with E-state index >= 15 is 0 Å². The molecule has 4 aliphatic rings. The number of fused-ring (bicyclic) bond motifs is 5. The zero-order chi connectivity index (χ0) is 24.2. The van der Waals surface area contributed by atoms with Gasteiger partial charge in [-0.25, -0.2) is 0 Å². The third kappa shape index (κ3) is 4.97. The van der Waals surface area contributed by atoms with Gasteiger partial charge in [0.15, 0.2) is 0 Å². The Kier molecular flexibility index (Phi) is 7.19. The molecule has 0 aromatic heterocycles. The van der Waals surface area contributed by atoms with Gasteiger partial charge in [-0.05, 0) is 122 Å². The molecule has 9 atom stereocenters. The third-order valence-electron chi connectivity index (χ3n) is 11.9. The van der Waals surface area contributed by atoms with Gasteiger partial charge in [0.1, 0.15) is 0 Å². The van der Waals surface area contributed by atoms with Crippen LogP contribution in [-0.2, 0) is 0 Å². The Bertz CT molecular complexity index is 674. The lowest BCUT2D eigenvalue weighted by Crippen LogP contribution is -2.56. The fraction of sp³-hybridized carbons (Fsp3) is 1.00. The maximum absolute atomic E-state index is 11.5. The lowest BCUT2D eigenvalue weighted by molar-refractivity contribution is -0.158. The largest absolute Gasteiger partial charge is 0.390 e. The molecule has 4 fully saturated rings.